The highest BCUT2D eigenvalue weighted by Gasteiger charge is 2.27. The quantitative estimate of drug-likeness (QED) is 0.545. The zero-order chi connectivity index (χ0) is 8.72. The first-order valence-corrected chi connectivity index (χ1v) is 3.54. The normalized spacial score (nSPS) is 15.1. The molecule has 0 fully saturated rings. The number of ketones is 2. The van der Waals surface area contributed by atoms with Crippen LogP contribution in [0.4, 0.5) is 4.39 Å². The van der Waals surface area contributed by atoms with Gasteiger partial charge in [0.05, 0.1) is 6.42 Å². The molecule has 0 heterocycles. The Morgan fingerprint density at radius 1 is 1.08 bits per heavy atom. The monoisotopic (exact) mass is 164 g/mol. The van der Waals surface area contributed by atoms with Crippen molar-refractivity contribution in [1.82, 2.24) is 0 Å². The smallest absolute Gasteiger partial charge is 0.171 e. The van der Waals surface area contributed by atoms with E-state index in [2.05, 4.69) is 0 Å². The fourth-order valence-electron chi connectivity index (χ4n) is 1.33. The number of rotatable bonds is 0. The highest BCUT2D eigenvalue weighted by molar-refractivity contribution is 6.24. The van der Waals surface area contributed by atoms with Crippen LogP contribution in [0.2, 0.25) is 0 Å². The first-order valence-electron chi connectivity index (χ1n) is 3.54. The van der Waals surface area contributed by atoms with Crippen molar-refractivity contribution in [1.29, 1.82) is 0 Å². The Labute approximate surface area is 68.0 Å². The van der Waals surface area contributed by atoms with E-state index >= 15 is 0 Å². The standard InChI is InChI=1S/C9H5FO2/c10-5-1-2-6-7(3-5)9(12)4-8(6)11/h1-3H,4H2. The average Bonchev–Trinajstić information content (AvgIpc) is 2.28. The van der Waals surface area contributed by atoms with E-state index in [1.54, 1.807) is 0 Å². The maximum Gasteiger partial charge on any atom is 0.171 e. The Morgan fingerprint density at radius 3 is 2.50 bits per heavy atom. The van der Waals surface area contributed by atoms with Gasteiger partial charge in [0.1, 0.15) is 5.82 Å². The van der Waals surface area contributed by atoms with E-state index in [4.69, 9.17) is 0 Å². The molecule has 60 valence electrons. The molecule has 0 saturated carbocycles. The Hall–Kier alpha value is -1.51. The summed E-state index contributed by atoms with van der Waals surface area (Å²) in [5, 5.41) is 0. The molecule has 2 nitrogen and oxygen atoms in total. The van der Waals surface area contributed by atoms with Crippen molar-refractivity contribution in [2.45, 2.75) is 6.42 Å². The summed E-state index contributed by atoms with van der Waals surface area (Å²) in [6.45, 7) is 0. The molecule has 0 N–H and O–H groups in total. The number of carbonyl (C=O) groups is 2. The molecule has 0 spiro atoms. The number of hydrogen-bond donors (Lipinski definition) is 0. The van der Waals surface area contributed by atoms with Gasteiger partial charge in [-0.05, 0) is 18.2 Å². The summed E-state index contributed by atoms with van der Waals surface area (Å²) in [7, 11) is 0. The molecule has 0 amide bonds. The molecule has 0 radical (unpaired) electrons. The predicted octanol–water partition coefficient (Wildman–Crippen LogP) is 1.59. The van der Waals surface area contributed by atoms with Crippen LogP contribution in [0.1, 0.15) is 27.1 Å². The van der Waals surface area contributed by atoms with Gasteiger partial charge in [0, 0.05) is 11.1 Å². The lowest BCUT2D eigenvalue weighted by molar-refractivity contribution is 0.0923. The van der Waals surface area contributed by atoms with Crippen molar-refractivity contribution in [2.75, 3.05) is 0 Å². The molecule has 12 heavy (non-hydrogen) atoms. The first kappa shape index (κ1) is 7.16. The minimum Gasteiger partial charge on any atom is -0.294 e. The van der Waals surface area contributed by atoms with Crippen LogP contribution >= 0.6 is 0 Å². The lowest BCUT2D eigenvalue weighted by Gasteiger charge is -1.93. The fraction of sp³-hybridized carbons (Fsp3) is 0.111. The topological polar surface area (TPSA) is 34.1 Å². The molecule has 0 aromatic heterocycles. The summed E-state index contributed by atoms with van der Waals surface area (Å²) in [5.74, 6) is -0.971. The SMILES string of the molecule is O=C1CC(=O)c2cc(F)ccc21. The van der Waals surface area contributed by atoms with Crippen molar-refractivity contribution in [3.05, 3.63) is 35.1 Å². The van der Waals surface area contributed by atoms with E-state index in [1.807, 2.05) is 0 Å². The van der Waals surface area contributed by atoms with Crippen LogP contribution in [0.3, 0.4) is 0 Å². The molecule has 1 aliphatic carbocycles. The number of benzene rings is 1. The van der Waals surface area contributed by atoms with Crippen LogP contribution in [-0.4, -0.2) is 11.6 Å². The molecule has 1 aliphatic rings. The van der Waals surface area contributed by atoms with E-state index in [0.29, 0.717) is 5.56 Å². The number of hydrogen-bond acceptors (Lipinski definition) is 2. The van der Waals surface area contributed by atoms with Gasteiger partial charge in [-0.3, -0.25) is 9.59 Å². The summed E-state index contributed by atoms with van der Waals surface area (Å²) in [4.78, 5) is 22.1. The van der Waals surface area contributed by atoms with Gasteiger partial charge < -0.3 is 0 Å². The third kappa shape index (κ3) is 0.863. The largest absolute Gasteiger partial charge is 0.294 e. The minimum atomic E-state index is -0.475. The van der Waals surface area contributed by atoms with Crippen molar-refractivity contribution >= 4 is 11.6 Å². The molecule has 1 aromatic carbocycles. The molecular weight excluding hydrogens is 159 g/mol. The van der Waals surface area contributed by atoms with Crippen LogP contribution in [0.15, 0.2) is 18.2 Å². The van der Waals surface area contributed by atoms with Crippen molar-refractivity contribution in [3.63, 3.8) is 0 Å². The summed E-state index contributed by atoms with van der Waals surface area (Å²) in [5.41, 5.74) is 0.571. The molecule has 0 saturated heterocycles. The Balaban J connectivity index is 2.68. The Kier molecular flexibility index (Phi) is 1.33. The lowest BCUT2D eigenvalue weighted by Crippen LogP contribution is -1.91. The molecule has 3 heteroatoms. The number of Topliss-reactive ketones (excluding diaryl/α,β-unsaturated/α-hetero) is 2. The maximum absolute atomic E-state index is 12.6. The zero-order valence-corrected chi connectivity index (χ0v) is 6.13. The highest BCUT2D eigenvalue weighted by Crippen LogP contribution is 2.22. The van der Waals surface area contributed by atoms with E-state index in [9.17, 15) is 14.0 Å². The van der Waals surface area contributed by atoms with Gasteiger partial charge in [0.25, 0.3) is 0 Å². The average molecular weight is 164 g/mol. The predicted molar refractivity (Wildman–Crippen MR) is 39.7 cm³/mol. The zero-order valence-electron chi connectivity index (χ0n) is 6.13. The number of fused-ring (bicyclic) bond motifs is 1. The first-order chi connectivity index (χ1) is 5.68. The van der Waals surface area contributed by atoms with Gasteiger partial charge in [0.15, 0.2) is 11.6 Å². The summed E-state index contributed by atoms with van der Waals surface area (Å²) >= 11 is 0. The summed E-state index contributed by atoms with van der Waals surface area (Å²) in [6, 6.07) is 3.66. The van der Waals surface area contributed by atoms with Gasteiger partial charge in [-0.25, -0.2) is 4.39 Å². The van der Waals surface area contributed by atoms with Crippen LogP contribution in [0, 0.1) is 5.82 Å². The Bertz CT molecular complexity index is 382. The van der Waals surface area contributed by atoms with E-state index in [-0.39, 0.29) is 23.6 Å². The summed E-state index contributed by atoms with van der Waals surface area (Å²) < 4.78 is 12.6. The van der Waals surface area contributed by atoms with E-state index in [0.717, 1.165) is 6.07 Å². The van der Waals surface area contributed by atoms with Gasteiger partial charge in [-0.15, -0.1) is 0 Å². The molecule has 0 aliphatic heterocycles. The van der Waals surface area contributed by atoms with E-state index < -0.39 is 5.82 Å². The second-order valence-corrected chi connectivity index (χ2v) is 2.71. The molecular formula is C9H5FO2. The maximum atomic E-state index is 12.6. The fourth-order valence-corrected chi connectivity index (χ4v) is 1.33. The van der Waals surface area contributed by atoms with Crippen LogP contribution in [0.5, 0.6) is 0 Å². The highest BCUT2D eigenvalue weighted by atomic mass is 19.1. The molecule has 0 bridgehead atoms. The molecule has 0 atom stereocenters. The molecule has 0 unspecified atom stereocenters. The minimum absolute atomic E-state index is 0.112. The van der Waals surface area contributed by atoms with Gasteiger partial charge in [-0.2, -0.15) is 0 Å². The Morgan fingerprint density at radius 2 is 1.75 bits per heavy atom. The van der Waals surface area contributed by atoms with Gasteiger partial charge in [-0.1, -0.05) is 0 Å². The molecule has 2 rings (SSSR count). The third-order valence-electron chi connectivity index (χ3n) is 1.90. The molecule has 1 aromatic rings. The lowest BCUT2D eigenvalue weighted by atomic mass is 10.1. The number of halogens is 1. The van der Waals surface area contributed by atoms with Crippen molar-refractivity contribution in [3.8, 4) is 0 Å². The summed E-state index contributed by atoms with van der Waals surface area (Å²) in [6.07, 6.45) is -0.112. The van der Waals surface area contributed by atoms with Gasteiger partial charge in [0.2, 0.25) is 0 Å². The van der Waals surface area contributed by atoms with Crippen molar-refractivity contribution in [2.24, 2.45) is 0 Å². The van der Waals surface area contributed by atoms with E-state index in [1.165, 1.54) is 12.1 Å². The number of carbonyl (C=O) groups excluding carboxylic acids is 2. The van der Waals surface area contributed by atoms with Crippen LogP contribution in [0.25, 0.3) is 0 Å². The second kappa shape index (κ2) is 2.24. The third-order valence-corrected chi connectivity index (χ3v) is 1.90. The van der Waals surface area contributed by atoms with Crippen LogP contribution < -0.4 is 0 Å². The van der Waals surface area contributed by atoms with Crippen LogP contribution in [-0.2, 0) is 0 Å². The van der Waals surface area contributed by atoms with Crippen molar-refractivity contribution < 1.29 is 14.0 Å². The second-order valence-electron chi connectivity index (χ2n) is 2.71. The van der Waals surface area contributed by atoms with Gasteiger partial charge >= 0.3 is 0 Å².